The van der Waals surface area contributed by atoms with Gasteiger partial charge >= 0.3 is 0 Å². The molecule has 104 valence electrons. The van der Waals surface area contributed by atoms with Crippen LogP contribution >= 0.6 is 0 Å². The molecule has 0 bridgehead atoms. The topological polar surface area (TPSA) is 117 Å². The molecule has 8 nitrogen and oxygen atoms in total. The van der Waals surface area contributed by atoms with Crippen molar-refractivity contribution < 1.29 is 9.59 Å². The third-order valence-electron chi connectivity index (χ3n) is 3.17. The summed E-state index contributed by atoms with van der Waals surface area (Å²) in [6.07, 6.45) is 1.98. The van der Waals surface area contributed by atoms with Gasteiger partial charge < -0.3 is 16.0 Å². The first kappa shape index (κ1) is 13.3. The number of rotatable bonds is 3. The number of hydrogen-bond acceptors (Lipinski definition) is 5. The molecule has 0 radical (unpaired) electrons. The van der Waals surface area contributed by atoms with E-state index in [0.717, 1.165) is 12.8 Å². The number of hydrogen-bond donors (Lipinski definition) is 3. The van der Waals surface area contributed by atoms with Crippen molar-refractivity contribution in [2.24, 2.45) is 0 Å². The summed E-state index contributed by atoms with van der Waals surface area (Å²) in [5.41, 5.74) is 5.37. The third-order valence-corrected chi connectivity index (χ3v) is 3.17. The number of aromatic nitrogens is 3. The molecule has 8 heteroatoms. The Morgan fingerprint density at radius 1 is 1.47 bits per heavy atom. The van der Waals surface area contributed by atoms with E-state index in [0.29, 0.717) is 19.5 Å². The molecule has 1 aromatic heterocycles. The van der Waals surface area contributed by atoms with Crippen molar-refractivity contribution >= 4 is 17.8 Å². The molecular weight excluding hydrogens is 248 g/mol. The Labute approximate surface area is 110 Å². The van der Waals surface area contributed by atoms with Gasteiger partial charge in [-0.15, -0.1) is 5.10 Å². The molecule has 0 atom stereocenters. The van der Waals surface area contributed by atoms with Crippen LogP contribution in [0, 0.1) is 0 Å². The van der Waals surface area contributed by atoms with Gasteiger partial charge in [0.1, 0.15) is 0 Å². The SMILES string of the molecule is CCC(=O)NC1CCN(C(=O)c2nc(N)n[nH]2)CC1. The molecule has 2 rings (SSSR count). The molecule has 0 unspecified atom stereocenters. The molecule has 4 N–H and O–H groups in total. The second-order valence-electron chi connectivity index (χ2n) is 4.53. The van der Waals surface area contributed by atoms with Crippen LogP contribution in [0.25, 0.3) is 0 Å². The Morgan fingerprint density at radius 2 is 2.16 bits per heavy atom. The van der Waals surface area contributed by atoms with Gasteiger partial charge in [0, 0.05) is 25.6 Å². The molecule has 0 saturated carbocycles. The van der Waals surface area contributed by atoms with Gasteiger partial charge in [-0.2, -0.15) is 4.98 Å². The highest BCUT2D eigenvalue weighted by atomic mass is 16.2. The molecule has 0 aromatic carbocycles. The molecule has 19 heavy (non-hydrogen) atoms. The molecule has 1 aliphatic rings. The second kappa shape index (κ2) is 5.68. The normalized spacial score (nSPS) is 16.4. The Morgan fingerprint density at radius 3 is 2.68 bits per heavy atom. The molecule has 1 aromatic rings. The zero-order chi connectivity index (χ0) is 13.8. The summed E-state index contributed by atoms with van der Waals surface area (Å²) in [6, 6.07) is 0.149. The van der Waals surface area contributed by atoms with Gasteiger partial charge in [0.2, 0.25) is 17.7 Å². The number of nitrogens with two attached hydrogens (primary N) is 1. The molecule has 1 aliphatic heterocycles. The van der Waals surface area contributed by atoms with Gasteiger partial charge in [0.25, 0.3) is 5.91 Å². The summed E-state index contributed by atoms with van der Waals surface area (Å²) < 4.78 is 0. The maximum absolute atomic E-state index is 12.0. The highest BCUT2D eigenvalue weighted by Gasteiger charge is 2.25. The minimum absolute atomic E-state index is 0.0489. The van der Waals surface area contributed by atoms with E-state index in [1.165, 1.54) is 0 Å². The number of carbonyl (C=O) groups excluding carboxylic acids is 2. The number of likely N-dealkylation sites (tertiary alicyclic amines) is 1. The van der Waals surface area contributed by atoms with Crippen LogP contribution in [0.15, 0.2) is 0 Å². The first-order chi connectivity index (χ1) is 9.10. The Bertz CT molecular complexity index is 464. The second-order valence-corrected chi connectivity index (χ2v) is 4.53. The molecule has 1 fully saturated rings. The van der Waals surface area contributed by atoms with E-state index in [9.17, 15) is 9.59 Å². The van der Waals surface area contributed by atoms with Crippen molar-refractivity contribution in [2.45, 2.75) is 32.2 Å². The number of carbonyl (C=O) groups is 2. The highest BCUT2D eigenvalue weighted by molar-refractivity contribution is 5.90. The fraction of sp³-hybridized carbons (Fsp3) is 0.636. The van der Waals surface area contributed by atoms with Crippen LogP contribution in [-0.4, -0.2) is 51.0 Å². The Hall–Kier alpha value is -2.12. The zero-order valence-corrected chi connectivity index (χ0v) is 10.8. The van der Waals surface area contributed by atoms with Crippen LogP contribution in [-0.2, 0) is 4.79 Å². The number of nitrogens with one attached hydrogen (secondary N) is 2. The molecule has 1 saturated heterocycles. The van der Waals surface area contributed by atoms with E-state index in [1.54, 1.807) is 4.90 Å². The van der Waals surface area contributed by atoms with Crippen molar-refractivity contribution in [3.63, 3.8) is 0 Å². The minimum atomic E-state index is -0.204. The monoisotopic (exact) mass is 266 g/mol. The first-order valence-corrected chi connectivity index (χ1v) is 6.36. The summed E-state index contributed by atoms with van der Waals surface area (Å²) in [4.78, 5) is 28.8. The standard InChI is InChI=1S/C11H18N6O2/c1-2-8(18)13-7-3-5-17(6-4-7)10(19)9-14-11(12)16-15-9/h7H,2-6H2,1H3,(H,13,18)(H3,12,14,15,16). The third kappa shape index (κ3) is 3.21. The quantitative estimate of drug-likeness (QED) is 0.683. The predicted octanol–water partition coefficient (Wildman–Crippen LogP) is -0.482. The maximum atomic E-state index is 12.0. The van der Waals surface area contributed by atoms with Gasteiger partial charge in [-0.1, -0.05) is 6.92 Å². The van der Waals surface area contributed by atoms with Crippen LogP contribution in [0.4, 0.5) is 5.95 Å². The minimum Gasteiger partial charge on any atom is -0.366 e. The van der Waals surface area contributed by atoms with E-state index in [-0.39, 0.29) is 29.6 Å². The first-order valence-electron chi connectivity index (χ1n) is 6.36. The summed E-state index contributed by atoms with van der Waals surface area (Å²) in [7, 11) is 0. The average Bonchev–Trinajstić information content (AvgIpc) is 2.85. The van der Waals surface area contributed by atoms with E-state index in [1.807, 2.05) is 6.92 Å². The van der Waals surface area contributed by atoms with Gasteiger partial charge in [0.05, 0.1) is 0 Å². The number of H-pyrrole nitrogens is 1. The van der Waals surface area contributed by atoms with Crippen LogP contribution in [0.3, 0.4) is 0 Å². The van der Waals surface area contributed by atoms with Gasteiger partial charge in [0.15, 0.2) is 0 Å². The lowest BCUT2D eigenvalue weighted by molar-refractivity contribution is -0.121. The molecular formula is C11H18N6O2. The predicted molar refractivity (Wildman–Crippen MR) is 68.2 cm³/mol. The number of aromatic amines is 1. The number of amides is 2. The molecule has 0 spiro atoms. The van der Waals surface area contributed by atoms with E-state index >= 15 is 0 Å². The van der Waals surface area contributed by atoms with Crippen molar-refractivity contribution in [3.8, 4) is 0 Å². The van der Waals surface area contributed by atoms with Gasteiger partial charge in [-0.05, 0) is 12.8 Å². The van der Waals surface area contributed by atoms with E-state index in [4.69, 9.17) is 5.73 Å². The van der Waals surface area contributed by atoms with E-state index in [2.05, 4.69) is 20.5 Å². The van der Waals surface area contributed by atoms with E-state index < -0.39 is 0 Å². The van der Waals surface area contributed by atoms with Crippen LogP contribution < -0.4 is 11.1 Å². The summed E-state index contributed by atoms with van der Waals surface area (Å²) in [6.45, 7) is 3.00. The lowest BCUT2D eigenvalue weighted by atomic mass is 10.0. The summed E-state index contributed by atoms with van der Waals surface area (Å²) in [5.74, 6) is 0.0687. The van der Waals surface area contributed by atoms with Gasteiger partial charge in [-0.3, -0.25) is 14.7 Å². The fourth-order valence-corrected chi connectivity index (χ4v) is 2.08. The van der Waals surface area contributed by atoms with Crippen LogP contribution in [0.5, 0.6) is 0 Å². The molecule has 2 heterocycles. The van der Waals surface area contributed by atoms with Crippen molar-refractivity contribution in [1.82, 2.24) is 25.4 Å². The zero-order valence-electron chi connectivity index (χ0n) is 10.8. The fourth-order valence-electron chi connectivity index (χ4n) is 2.08. The van der Waals surface area contributed by atoms with Crippen molar-refractivity contribution in [2.75, 3.05) is 18.8 Å². The maximum Gasteiger partial charge on any atom is 0.291 e. The Kier molecular flexibility index (Phi) is 3.98. The average molecular weight is 266 g/mol. The largest absolute Gasteiger partial charge is 0.366 e. The van der Waals surface area contributed by atoms with Crippen molar-refractivity contribution in [3.05, 3.63) is 5.82 Å². The smallest absolute Gasteiger partial charge is 0.291 e. The van der Waals surface area contributed by atoms with Gasteiger partial charge in [-0.25, -0.2) is 0 Å². The summed E-state index contributed by atoms with van der Waals surface area (Å²) in [5, 5.41) is 9.08. The number of nitrogen functional groups attached to an aromatic ring is 1. The highest BCUT2D eigenvalue weighted by Crippen LogP contribution is 2.12. The summed E-state index contributed by atoms with van der Waals surface area (Å²) >= 11 is 0. The van der Waals surface area contributed by atoms with Crippen LogP contribution in [0.2, 0.25) is 0 Å². The number of anilines is 1. The number of nitrogens with zero attached hydrogens (tertiary/aromatic N) is 3. The Balaban J connectivity index is 1.86. The lowest BCUT2D eigenvalue weighted by Gasteiger charge is -2.31. The molecule has 0 aliphatic carbocycles. The van der Waals surface area contributed by atoms with Crippen molar-refractivity contribution in [1.29, 1.82) is 0 Å². The molecule has 2 amide bonds. The number of piperidine rings is 1. The lowest BCUT2D eigenvalue weighted by Crippen LogP contribution is -2.46. The van der Waals surface area contributed by atoms with Crippen LogP contribution in [0.1, 0.15) is 36.8 Å².